The number of methoxy groups -OCH3 is 1. The van der Waals surface area contributed by atoms with Crippen molar-refractivity contribution in [1.82, 2.24) is 0 Å². The van der Waals surface area contributed by atoms with Crippen molar-refractivity contribution in [1.29, 1.82) is 0 Å². The Morgan fingerprint density at radius 2 is 0.538 bits per heavy atom. The molecule has 2 saturated heterocycles. The van der Waals surface area contributed by atoms with E-state index in [1.54, 1.807) is 62.4 Å². The molecular formula is C101H120O16. The van der Waals surface area contributed by atoms with E-state index in [2.05, 4.69) is 48.5 Å². The molecule has 16 nitrogen and oxygen atoms in total. The zero-order valence-electron chi connectivity index (χ0n) is 70.9. The van der Waals surface area contributed by atoms with Crippen LogP contribution in [-0.4, -0.2) is 113 Å². The number of hydrogen-bond donors (Lipinski definition) is 1. The minimum absolute atomic E-state index is 0.246. The molecule has 0 bridgehead atoms. The average molecular weight is 1590 g/mol. The Kier molecular flexibility index (Phi) is 34.4. The molecule has 10 aromatic carbocycles. The second-order valence-electron chi connectivity index (χ2n) is 30.6. The molecule has 117 heavy (non-hydrogen) atoms. The van der Waals surface area contributed by atoms with Crippen LogP contribution < -0.4 is 9.47 Å². The summed E-state index contributed by atoms with van der Waals surface area (Å²) in [5.74, 6) is 1.26. The molecule has 2 heterocycles. The minimum atomic E-state index is -2.84. The van der Waals surface area contributed by atoms with E-state index >= 15 is 0 Å². The molecule has 620 valence electrons. The third kappa shape index (κ3) is 27.7. The lowest BCUT2D eigenvalue weighted by atomic mass is 9.75. The molecule has 2 aliphatic rings. The summed E-state index contributed by atoms with van der Waals surface area (Å²) in [4.78, 5) is 0. The quantitative estimate of drug-likeness (QED) is 0.0359. The van der Waals surface area contributed by atoms with Crippen LogP contribution in [0.1, 0.15) is 151 Å². The second kappa shape index (κ2) is 48.3. The molecular weight excluding hydrogens is 1470 g/mol. The fourth-order valence-corrected chi connectivity index (χ4v) is 14.8. The van der Waals surface area contributed by atoms with E-state index in [-0.39, 0.29) is 13.2 Å². The Morgan fingerprint density at radius 3 is 0.838 bits per heavy atom. The molecule has 12 rings (SSSR count). The molecule has 2 unspecified atom stereocenters. The first-order valence-corrected chi connectivity index (χ1v) is 41.9. The Bertz CT molecular complexity index is 4380. The van der Waals surface area contributed by atoms with E-state index in [1.165, 1.54) is 0 Å². The van der Waals surface area contributed by atoms with Gasteiger partial charge in [-0.2, -0.15) is 0 Å². The van der Waals surface area contributed by atoms with E-state index < -0.39 is 79.7 Å². The van der Waals surface area contributed by atoms with Crippen molar-refractivity contribution in [3.63, 3.8) is 0 Å². The lowest BCUT2D eigenvalue weighted by Gasteiger charge is -2.46. The van der Waals surface area contributed by atoms with Crippen molar-refractivity contribution >= 4 is 0 Å². The van der Waals surface area contributed by atoms with Crippen molar-refractivity contribution in [2.75, 3.05) is 46.7 Å². The van der Waals surface area contributed by atoms with Crippen LogP contribution in [0, 0.1) is 0 Å². The average Bonchev–Trinajstić information content (AvgIpc) is 0.762. The number of hydrogen-bond acceptors (Lipinski definition) is 16. The van der Waals surface area contributed by atoms with E-state index in [9.17, 15) is 5.11 Å². The first-order valence-electron chi connectivity index (χ1n) is 43.4. The van der Waals surface area contributed by atoms with Crippen LogP contribution >= 0.6 is 0 Å². The van der Waals surface area contributed by atoms with Crippen LogP contribution in [0.25, 0.3) is 0 Å². The molecule has 12 atom stereocenters. The van der Waals surface area contributed by atoms with Crippen molar-refractivity contribution in [2.24, 2.45) is 0 Å². The predicted octanol–water partition coefficient (Wildman–Crippen LogP) is 20.3. The maximum atomic E-state index is 12.5. The fraction of sp³-hybridized carbons (Fsp3) is 0.406. The highest BCUT2D eigenvalue weighted by molar-refractivity contribution is 5.39. The molecule has 16 heteroatoms. The third-order valence-corrected chi connectivity index (χ3v) is 21.8. The summed E-state index contributed by atoms with van der Waals surface area (Å²) in [5, 5.41) is 12.5. The van der Waals surface area contributed by atoms with Gasteiger partial charge in [-0.05, 0) is 119 Å². The molecule has 0 radical (unpaired) electrons. The summed E-state index contributed by atoms with van der Waals surface area (Å²) in [6, 6.07) is 95.2. The topological polar surface area (TPSA) is 159 Å². The van der Waals surface area contributed by atoms with Gasteiger partial charge in [-0.3, -0.25) is 0 Å². The summed E-state index contributed by atoms with van der Waals surface area (Å²) >= 11 is 0. The second-order valence-corrected chi connectivity index (χ2v) is 30.6. The van der Waals surface area contributed by atoms with E-state index in [4.69, 9.17) is 75.2 Å². The van der Waals surface area contributed by atoms with Gasteiger partial charge in [0.1, 0.15) is 71.5 Å². The largest absolute Gasteiger partial charge is 0.494 e. The highest BCUT2D eigenvalue weighted by Crippen LogP contribution is 2.44. The summed E-state index contributed by atoms with van der Waals surface area (Å²) in [5.41, 5.74) is 5.71. The van der Waals surface area contributed by atoms with Gasteiger partial charge in [0.2, 0.25) is 0 Å². The van der Waals surface area contributed by atoms with Crippen molar-refractivity contribution in [3.05, 3.63) is 347 Å². The number of benzene rings is 10. The summed E-state index contributed by atoms with van der Waals surface area (Å²) in [7, 11) is -2.84. The number of rotatable bonds is 52. The number of unbranched alkanes of at least 4 members (excludes halogenated alkanes) is 10. The molecule has 0 aliphatic carbocycles. The first-order chi connectivity index (χ1) is 58.8. The minimum Gasteiger partial charge on any atom is -0.494 e. The zero-order valence-corrected chi connectivity index (χ0v) is 67.9. The van der Waals surface area contributed by atoms with E-state index in [0.717, 1.165) is 122 Å². The fourth-order valence-electron chi connectivity index (χ4n) is 14.8. The van der Waals surface area contributed by atoms with Crippen LogP contribution in [0.4, 0.5) is 0 Å². The molecule has 2 fully saturated rings. The molecule has 2 aliphatic heterocycles. The van der Waals surface area contributed by atoms with Gasteiger partial charge < -0.3 is 76.2 Å². The lowest BCUT2D eigenvalue weighted by molar-refractivity contribution is -0.328. The van der Waals surface area contributed by atoms with Crippen LogP contribution in [-0.2, 0) is 126 Å². The molecule has 10 aromatic rings. The highest BCUT2D eigenvalue weighted by Gasteiger charge is 2.51. The zero-order chi connectivity index (χ0) is 83.1. The van der Waals surface area contributed by atoms with Crippen molar-refractivity contribution in [2.45, 2.75) is 216 Å². The standard InChI is InChI=1S/C101H120O16/c1-100(102,86-56-60-88(61-57-86)106-64-36-8-4-6-10-38-66-108-98-96(114-74-84-52-32-18-33-53-84)94(112-72-82-48-28-16-29-49-82)92(110-70-80-44-24-14-25-45-80)90(116-98)76-104-68-78-40-20-12-21-41-78)101(2,103-3)87-58-62-89(63-59-87)107-65-37-9-5-7-11-39-67-109-99-97(115-75-85-54-34-19-35-55-85)95(113-73-83-50-30-17-31-51-83)93(111-71-81-46-26-15-27-47-81)91(117-99)77-105-69-79-42-22-13-23-43-79/h12-35,40-63,90-99,102H,4-11,36-39,64-77H2,1-3H3/t90-,91-,92-,93-,94+,95+,96-,97-,98-,99-,100?,101?/m1/s1/i3D3. The van der Waals surface area contributed by atoms with Crippen LogP contribution in [0.15, 0.2) is 291 Å². The van der Waals surface area contributed by atoms with Gasteiger partial charge in [0.25, 0.3) is 0 Å². The van der Waals surface area contributed by atoms with Gasteiger partial charge in [0, 0.05) is 20.3 Å². The van der Waals surface area contributed by atoms with Crippen LogP contribution in [0.5, 0.6) is 11.5 Å². The van der Waals surface area contributed by atoms with Crippen LogP contribution in [0.2, 0.25) is 0 Å². The Morgan fingerprint density at radius 1 is 0.282 bits per heavy atom. The first kappa shape index (κ1) is 83.3. The van der Waals surface area contributed by atoms with Gasteiger partial charge in [-0.1, -0.05) is 318 Å². The SMILES string of the molecule is [2H]C([2H])([2H])OC(C)(c1ccc(OCCCCCCCCO[C@@H]2O[C@H](COCc3ccccc3)[C@@H](OCc3ccccc3)[C@H](OCc3ccccc3)[C@H]2OCc2ccccc2)cc1)C(C)(O)c1ccc(OCCCCCCCCO[C@@H]2O[C@H](COCc3ccccc3)[C@@H](OCc3ccccc3)[C@H](OCc3ccccc3)[C@H]2OCc2ccccc2)cc1. The predicted molar refractivity (Wildman–Crippen MR) is 455 cm³/mol. The van der Waals surface area contributed by atoms with Crippen molar-refractivity contribution in [3.8, 4) is 11.5 Å². The number of ether oxygens (including phenoxy) is 15. The van der Waals surface area contributed by atoms with Gasteiger partial charge in [-0.15, -0.1) is 0 Å². The normalized spacial score (nSPS) is 20.9. The maximum Gasteiger partial charge on any atom is 0.186 e. The summed E-state index contributed by atoms with van der Waals surface area (Å²) < 4.78 is 124. The Balaban J connectivity index is 0.581. The van der Waals surface area contributed by atoms with Gasteiger partial charge in [0.05, 0.1) is 83.4 Å². The van der Waals surface area contributed by atoms with Crippen molar-refractivity contribution < 1.29 is 80.3 Å². The maximum absolute atomic E-state index is 12.5. The van der Waals surface area contributed by atoms with E-state index in [0.29, 0.717) is 102 Å². The Labute approximate surface area is 698 Å². The van der Waals surface area contributed by atoms with Crippen LogP contribution in [0.3, 0.4) is 0 Å². The number of aliphatic hydroxyl groups is 1. The molecule has 0 aromatic heterocycles. The summed E-state index contributed by atoms with van der Waals surface area (Å²) in [6.07, 6.45) is 5.05. The van der Waals surface area contributed by atoms with Gasteiger partial charge >= 0.3 is 0 Å². The third-order valence-electron chi connectivity index (χ3n) is 21.8. The Hall–Kier alpha value is -8.76. The van der Waals surface area contributed by atoms with E-state index in [1.807, 2.05) is 194 Å². The van der Waals surface area contributed by atoms with Gasteiger partial charge in [0.15, 0.2) is 12.6 Å². The monoisotopic (exact) mass is 1590 g/mol. The van der Waals surface area contributed by atoms with Gasteiger partial charge in [-0.25, -0.2) is 0 Å². The molecule has 0 spiro atoms. The molecule has 0 saturated carbocycles. The highest BCUT2D eigenvalue weighted by atomic mass is 16.7. The summed E-state index contributed by atoms with van der Waals surface area (Å²) in [6.45, 7) is 8.44. The molecule has 1 N–H and O–H groups in total. The molecule has 0 amide bonds. The lowest BCUT2D eigenvalue weighted by Crippen LogP contribution is -2.61. The smallest absolute Gasteiger partial charge is 0.186 e.